The fourth-order valence-electron chi connectivity index (χ4n) is 3.00. The van der Waals surface area contributed by atoms with Crippen LogP contribution in [0.2, 0.25) is 0 Å². The van der Waals surface area contributed by atoms with Gasteiger partial charge in [-0.2, -0.15) is 4.31 Å². The number of rotatable bonds is 4. The maximum absolute atomic E-state index is 13.2. The summed E-state index contributed by atoms with van der Waals surface area (Å²) in [5.74, 6) is 0.802. The van der Waals surface area contributed by atoms with E-state index in [2.05, 4.69) is 4.57 Å². The Morgan fingerprint density at radius 3 is 2.61 bits per heavy atom. The smallest absolute Gasteiger partial charge is 0.247 e. The molecule has 124 valence electrons. The highest BCUT2D eigenvalue weighted by molar-refractivity contribution is 7.89. The highest BCUT2D eigenvalue weighted by Gasteiger charge is 2.35. The molecule has 0 bridgehead atoms. The second-order valence-electron chi connectivity index (χ2n) is 5.43. The Morgan fingerprint density at radius 2 is 1.91 bits per heavy atom. The summed E-state index contributed by atoms with van der Waals surface area (Å²) in [6.45, 7) is 2.96. The number of hydrogen-bond donors (Lipinski definition) is 0. The maximum atomic E-state index is 13.2. The molecule has 1 aliphatic heterocycles. The number of sulfonamides is 1. The van der Waals surface area contributed by atoms with Crippen LogP contribution in [0, 0.1) is 0 Å². The lowest BCUT2D eigenvalue weighted by Crippen LogP contribution is -2.40. The first kappa shape index (κ1) is 15.9. The summed E-state index contributed by atoms with van der Waals surface area (Å²) in [6.07, 6.45) is 1.97. The van der Waals surface area contributed by atoms with Crippen molar-refractivity contribution in [3.8, 4) is 11.5 Å². The minimum absolute atomic E-state index is 0.131. The third kappa shape index (κ3) is 2.60. The average Bonchev–Trinajstić information content (AvgIpc) is 3.03. The van der Waals surface area contributed by atoms with Crippen LogP contribution < -0.4 is 9.47 Å². The topological polar surface area (TPSA) is 60.8 Å². The van der Waals surface area contributed by atoms with E-state index in [4.69, 9.17) is 9.47 Å². The number of fused-ring (bicyclic) bond motifs is 1. The Labute approximate surface area is 136 Å². The Hall–Kier alpha value is -1.99. The average molecular weight is 336 g/mol. The van der Waals surface area contributed by atoms with Crippen LogP contribution in [0.25, 0.3) is 0 Å². The molecule has 6 nitrogen and oxygen atoms in total. The molecule has 2 aromatic rings. The lowest BCUT2D eigenvalue weighted by molar-refractivity contribution is 0.281. The summed E-state index contributed by atoms with van der Waals surface area (Å²) >= 11 is 0. The lowest BCUT2D eigenvalue weighted by Gasteiger charge is -2.34. The molecule has 1 aliphatic rings. The van der Waals surface area contributed by atoms with Crippen LogP contribution >= 0.6 is 0 Å². The Kier molecular flexibility index (Phi) is 4.08. The van der Waals surface area contributed by atoms with Gasteiger partial charge in [-0.15, -0.1) is 0 Å². The molecule has 7 heteroatoms. The fraction of sp³-hybridized carbons (Fsp3) is 0.375. The molecule has 0 N–H and O–H groups in total. The zero-order valence-corrected chi connectivity index (χ0v) is 14.2. The van der Waals surface area contributed by atoms with Crippen LogP contribution in [0.15, 0.2) is 41.4 Å². The molecule has 23 heavy (non-hydrogen) atoms. The van der Waals surface area contributed by atoms with Crippen LogP contribution in [0.1, 0.15) is 18.7 Å². The second-order valence-corrected chi connectivity index (χ2v) is 7.29. The van der Waals surface area contributed by atoms with E-state index in [-0.39, 0.29) is 10.9 Å². The van der Waals surface area contributed by atoms with Gasteiger partial charge in [-0.3, -0.25) is 0 Å². The van der Waals surface area contributed by atoms with E-state index in [9.17, 15) is 8.42 Å². The normalized spacial score (nSPS) is 18.5. The zero-order chi connectivity index (χ0) is 16.6. The van der Waals surface area contributed by atoms with Gasteiger partial charge < -0.3 is 14.0 Å². The largest absolute Gasteiger partial charge is 0.497 e. The first-order valence-corrected chi connectivity index (χ1v) is 8.82. The van der Waals surface area contributed by atoms with E-state index in [1.165, 1.54) is 24.6 Å². The predicted molar refractivity (Wildman–Crippen MR) is 86.3 cm³/mol. The van der Waals surface area contributed by atoms with Gasteiger partial charge in [0.1, 0.15) is 16.4 Å². The Balaban J connectivity index is 2.06. The molecule has 0 saturated heterocycles. The molecule has 0 fully saturated rings. The number of hydrogen-bond acceptors (Lipinski definition) is 4. The van der Waals surface area contributed by atoms with Gasteiger partial charge in [0, 0.05) is 31.0 Å². The lowest BCUT2D eigenvalue weighted by atomic mass is 10.2. The SMILES string of the molecule is COc1ccc(OC)c(S(=O)(=O)N2CCn3cccc3C2C)c1. The first-order chi connectivity index (χ1) is 11.0. The minimum atomic E-state index is -3.69. The van der Waals surface area contributed by atoms with Crippen LogP contribution in [-0.4, -0.2) is 38.1 Å². The Bertz CT molecular complexity index is 813. The Morgan fingerprint density at radius 1 is 1.13 bits per heavy atom. The molecule has 1 aromatic carbocycles. The van der Waals surface area contributed by atoms with Crippen molar-refractivity contribution in [3.05, 3.63) is 42.2 Å². The molecule has 3 rings (SSSR count). The molecule has 0 saturated carbocycles. The van der Waals surface area contributed by atoms with Crippen molar-refractivity contribution in [1.82, 2.24) is 8.87 Å². The quantitative estimate of drug-likeness (QED) is 0.859. The third-order valence-corrected chi connectivity index (χ3v) is 6.23. The summed E-state index contributed by atoms with van der Waals surface area (Å²) in [7, 11) is -0.720. The highest BCUT2D eigenvalue weighted by Crippen LogP contribution is 2.36. The van der Waals surface area contributed by atoms with E-state index in [1.807, 2.05) is 25.3 Å². The van der Waals surface area contributed by atoms with Gasteiger partial charge in [-0.05, 0) is 31.2 Å². The number of nitrogens with zero attached hydrogens (tertiary/aromatic N) is 2. The van der Waals surface area contributed by atoms with Crippen molar-refractivity contribution in [1.29, 1.82) is 0 Å². The molecule has 0 spiro atoms. The number of benzene rings is 1. The van der Waals surface area contributed by atoms with Crippen molar-refractivity contribution >= 4 is 10.0 Å². The van der Waals surface area contributed by atoms with Crippen LogP contribution in [0.3, 0.4) is 0 Å². The van der Waals surface area contributed by atoms with Crippen molar-refractivity contribution in [2.75, 3.05) is 20.8 Å². The number of methoxy groups -OCH3 is 2. The van der Waals surface area contributed by atoms with E-state index in [0.29, 0.717) is 24.6 Å². The number of aromatic nitrogens is 1. The van der Waals surface area contributed by atoms with Crippen molar-refractivity contribution < 1.29 is 17.9 Å². The summed E-state index contributed by atoms with van der Waals surface area (Å²) < 4.78 is 40.3. The van der Waals surface area contributed by atoms with Crippen LogP contribution in [-0.2, 0) is 16.6 Å². The maximum Gasteiger partial charge on any atom is 0.247 e. The second kappa shape index (κ2) is 5.90. The molecular formula is C16H20N2O4S. The third-order valence-electron chi connectivity index (χ3n) is 4.24. The number of ether oxygens (including phenoxy) is 2. The van der Waals surface area contributed by atoms with Gasteiger partial charge in [0.25, 0.3) is 0 Å². The summed E-state index contributed by atoms with van der Waals surface area (Å²) in [4.78, 5) is 0.131. The predicted octanol–water partition coefficient (Wildman–Crippen LogP) is 2.27. The molecule has 1 atom stereocenters. The van der Waals surface area contributed by atoms with Gasteiger partial charge in [0.15, 0.2) is 0 Å². The van der Waals surface area contributed by atoms with Gasteiger partial charge in [0.2, 0.25) is 10.0 Å². The fourth-order valence-corrected chi connectivity index (χ4v) is 4.77. The molecule has 0 aliphatic carbocycles. The highest BCUT2D eigenvalue weighted by atomic mass is 32.2. The summed E-state index contributed by atoms with van der Waals surface area (Å²) in [5, 5.41) is 0. The summed E-state index contributed by atoms with van der Waals surface area (Å²) in [5.41, 5.74) is 0.988. The molecule has 1 unspecified atom stereocenters. The van der Waals surface area contributed by atoms with Crippen molar-refractivity contribution in [2.24, 2.45) is 0 Å². The van der Waals surface area contributed by atoms with Gasteiger partial charge >= 0.3 is 0 Å². The molecule has 0 amide bonds. The monoisotopic (exact) mass is 336 g/mol. The molecule has 2 heterocycles. The molecule has 0 radical (unpaired) electrons. The standard InChI is InChI=1S/C16H20N2O4S/c1-12-14-5-4-8-17(14)9-10-18(12)23(19,20)16-11-13(21-2)6-7-15(16)22-3/h4-8,11-12H,9-10H2,1-3H3. The van der Waals surface area contributed by atoms with E-state index in [1.54, 1.807) is 12.1 Å². The van der Waals surface area contributed by atoms with E-state index >= 15 is 0 Å². The van der Waals surface area contributed by atoms with Crippen molar-refractivity contribution in [2.45, 2.75) is 24.4 Å². The first-order valence-electron chi connectivity index (χ1n) is 7.38. The van der Waals surface area contributed by atoms with Gasteiger partial charge in [-0.25, -0.2) is 8.42 Å². The zero-order valence-electron chi connectivity index (χ0n) is 13.4. The molecular weight excluding hydrogens is 316 g/mol. The van der Waals surface area contributed by atoms with Crippen LogP contribution in [0.5, 0.6) is 11.5 Å². The van der Waals surface area contributed by atoms with Gasteiger partial charge in [-0.1, -0.05) is 0 Å². The van der Waals surface area contributed by atoms with Crippen molar-refractivity contribution in [3.63, 3.8) is 0 Å². The van der Waals surface area contributed by atoms with Gasteiger partial charge in [0.05, 0.1) is 20.3 Å². The summed E-state index contributed by atoms with van der Waals surface area (Å²) in [6, 6.07) is 8.46. The van der Waals surface area contributed by atoms with E-state index < -0.39 is 10.0 Å². The van der Waals surface area contributed by atoms with E-state index in [0.717, 1.165) is 5.69 Å². The molecule has 1 aromatic heterocycles. The van der Waals surface area contributed by atoms with Crippen LogP contribution in [0.4, 0.5) is 0 Å². The minimum Gasteiger partial charge on any atom is -0.497 e.